The summed E-state index contributed by atoms with van der Waals surface area (Å²) in [5.41, 5.74) is 0.883. The van der Waals surface area contributed by atoms with Crippen molar-refractivity contribution in [3.63, 3.8) is 0 Å². The molecule has 1 amide bonds. The van der Waals surface area contributed by atoms with Gasteiger partial charge < -0.3 is 9.47 Å². The second kappa shape index (κ2) is 7.69. The second-order valence-electron chi connectivity index (χ2n) is 4.76. The molecule has 0 radical (unpaired) electrons. The van der Waals surface area contributed by atoms with Gasteiger partial charge in [0.05, 0.1) is 25.8 Å². The van der Waals surface area contributed by atoms with Crippen molar-refractivity contribution < 1.29 is 19.1 Å². The summed E-state index contributed by atoms with van der Waals surface area (Å²) in [4.78, 5) is 23.8. The van der Waals surface area contributed by atoms with E-state index in [-0.39, 0.29) is 18.9 Å². The Morgan fingerprint density at radius 3 is 2.39 bits per heavy atom. The minimum Gasteiger partial charge on any atom is -0.497 e. The summed E-state index contributed by atoms with van der Waals surface area (Å²) in [6, 6.07) is 8.97. The van der Waals surface area contributed by atoms with Crippen LogP contribution in [0.3, 0.4) is 0 Å². The molecule has 0 aliphatic rings. The van der Waals surface area contributed by atoms with E-state index in [0.29, 0.717) is 5.02 Å². The predicted molar refractivity (Wildman–Crippen MR) is 86.0 cm³/mol. The lowest BCUT2D eigenvalue weighted by atomic mass is 10.2. The largest absolute Gasteiger partial charge is 0.497 e. The summed E-state index contributed by atoms with van der Waals surface area (Å²) in [6.45, 7) is 0.283. The van der Waals surface area contributed by atoms with Crippen molar-refractivity contribution in [3.8, 4) is 5.75 Å². The monoisotopic (exact) mass is 336 g/mol. The first-order valence-corrected chi connectivity index (χ1v) is 7.25. The van der Waals surface area contributed by atoms with E-state index in [1.54, 1.807) is 42.4 Å². The summed E-state index contributed by atoms with van der Waals surface area (Å²) in [7, 11) is 2.83. The normalized spacial score (nSPS) is 10.2. The van der Waals surface area contributed by atoms with Gasteiger partial charge in [-0.25, -0.2) is 5.01 Å². The van der Waals surface area contributed by atoms with Crippen LogP contribution in [0.4, 0.5) is 0 Å². The van der Waals surface area contributed by atoms with Gasteiger partial charge in [-0.3, -0.25) is 14.3 Å². The molecule has 0 saturated heterocycles. The number of rotatable bonds is 6. The maximum atomic E-state index is 12.4. The number of nitrogens with zero attached hydrogens (tertiary/aromatic N) is 2. The van der Waals surface area contributed by atoms with Gasteiger partial charge in [0, 0.05) is 12.4 Å². The number of carbonyl (C=O) groups is 2. The molecule has 0 fully saturated rings. The number of ether oxygens (including phenoxy) is 2. The Balaban J connectivity index is 2.21. The Labute approximate surface area is 139 Å². The molecule has 0 bridgehead atoms. The van der Waals surface area contributed by atoms with Crippen molar-refractivity contribution >= 4 is 23.5 Å². The Morgan fingerprint density at radius 1 is 1.17 bits per heavy atom. The Hall–Kier alpha value is -2.47. The Bertz CT molecular complexity index is 682. The van der Waals surface area contributed by atoms with Crippen molar-refractivity contribution in [3.05, 3.63) is 53.3 Å². The number of hydrogen-bond donors (Lipinski definition) is 0. The summed E-state index contributed by atoms with van der Waals surface area (Å²) in [5.74, 6) is -0.252. The molecule has 0 unspecified atom stereocenters. The number of benzene rings is 1. The topological polar surface area (TPSA) is 60.8 Å². The smallest absolute Gasteiger partial charge is 0.315 e. The van der Waals surface area contributed by atoms with E-state index in [2.05, 4.69) is 4.74 Å². The number of hydrogen-bond acceptors (Lipinski definition) is 4. The number of halogens is 1. The number of aromatic nitrogens is 1. The molecule has 0 atom stereocenters. The van der Waals surface area contributed by atoms with Crippen LogP contribution in [0.2, 0.25) is 5.02 Å². The first-order chi connectivity index (χ1) is 11.0. The third-order valence-corrected chi connectivity index (χ3v) is 3.45. The summed E-state index contributed by atoms with van der Waals surface area (Å²) in [5, 5.41) is 1.92. The lowest BCUT2D eigenvalue weighted by Gasteiger charge is -2.23. The standard InChI is InChI=1S/C16H17ClN2O4/c1-22-14-5-3-12(4-6-14)10-19(15(20)9-16(21)23-2)18-8-7-13(17)11-18/h3-8,11H,9-10H2,1-2H3. The average molecular weight is 337 g/mol. The van der Waals surface area contributed by atoms with Crippen molar-refractivity contribution in [2.24, 2.45) is 0 Å². The van der Waals surface area contributed by atoms with Gasteiger partial charge in [-0.1, -0.05) is 23.7 Å². The Kier molecular flexibility index (Phi) is 5.65. The van der Waals surface area contributed by atoms with Crippen molar-refractivity contribution in [1.29, 1.82) is 0 Å². The third kappa shape index (κ3) is 4.50. The maximum absolute atomic E-state index is 12.4. The quantitative estimate of drug-likeness (QED) is 0.600. The van der Waals surface area contributed by atoms with E-state index in [1.807, 2.05) is 12.1 Å². The molecule has 122 valence electrons. The highest BCUT2D eigenvalue weighted by atomic mass is 35.5. The van der Waals surface area contributed by atoms with Gasteiger partial charge in [0.25, 0.3) is 5.91 Å². The van der Waals surface area contributed by atoms with Crippen molar-refractivity contribution in [2.45, 2.75) is 13.0 Å². The first kappa shape index (κ1) is 16.9. The van der Waals surface area contributed by atoms with Gasteiger partial charge in [0.1, 0.15) is 12.2 Å². The molecule has 2 aromatic rings. The van der Waals surface area contributed by atoms with E-state index in [1.165, 1.54) is 12.1 Å². The summed E-state index contributed by atoms with van der Waals surface area (Å²) < 4.78 is 11.2. The maximum Gasteiger partial charge on any atom is 0.315 e. The zero-order chi connectivity index (χ0) is 16.8. The molecule has 1 aromatic heterocycles. The molecule has 6 nitrogen and oxygen atoms in total. The molecule has 0 saturated carbocycles. The fourth-order valence-electron chi connectivity index (χ4n) is 2.00. The lowest BCUT2D eigenvalue weighted by Crippen LogP contribution is -2.40. The van der Waals surface area contributed by atoms with Crippen LogP contribution in [0.25, 0.3) is 0 Å². The molecule has 0 N–H and O–H groups in total. The Morgan fingerprint density at radius 2 is 1.87 bits per heavy atom. The van der Waals surface area contributed by atoms with Crippen molar-refractivity contribution in [1.82, 2.24) is 4.68 Å². The minimum atomic E-state index is -0.590. The van der Waals surface area contributed by atoms with Crippen LogP contribution in [0, 0.1) is 0 Å². The average Bonchev–Trinajstić information content (AvgIpc) is 2.99. The van der Waals surface area contributed by atoms with Crippen molar-refractivity contribution in [2.75, 3.05) is 19.2 Å². The zero-order valence-electron chi connectivity index (χ0n) is 12.9. The highest BCUT2D eigenvalue weighted by Crippen LogP contribution is 2.15. The van der Waals surface area contributed by atoms with E-state index in [0.717, 1.165) is 11.3 Å². The highest BCUT2D eigenvalue weighted by molar-refractivity contribution is 6.30. The second-order valence-corrected chi connectivity index (χ2v) is 5.20. The van der Waals surface area contributed by atoms with Gasteiger partial charge in [-0.15, -0.1) is 0 Å². The van der Waals surface area contributed by atoms with Crippen LogP contribution in [0.1, 0.15) is 12.0 Å². The van der Waals surface area contributed by atoms with Crippen LogP contribution in [0.5, 0.6) is 5.75 Å². The first-order valence-electron chi connectivity index (χ1n) is 6.87. The predicted octanol–water partition coefficient (Wildman–Crippen LogP) is 2.38. The molecule has 0 aliphatic carbocycles. The van der Waals surface area contributed by atoms with Crippen LogP contribution in [0.15, 0.2) is 42.7 Å². The van der Waals surface area contributed by atoms with E-state index in [9.17, 15) is 9.59 Å². The van der Waals surface area contributed by atoms with E-state index >= 15 is 0 Å². The molecular formula is C16H17ClN2O4. The molecule has 0 aliphatic heterocycles. The molecular weight excluding hydrogens is 320 g/mol. The molecule has 1 aromatic carbocycles. The highest BCUT2D eigenvalue weighted by Gasteiger charge is 2.19. The zero-order valence-corrected chi connectivity index (χ0v) is 13.6. The number of amides is 1. The van der Waals surface area contributed by atoms with Crippen LogP contribution in [-0.4, -0.2) is 30.8 Å². The van der Waals surface area contributed by atoms with Gasteiger partial charge in [0.2, 0.25) is 0 Å². The van der Waals surface area contributed by atoms with Gasteiger partial charge in [-0.2, -0.15) is 0 Å². The fraction of sp³-hybridized carbons (Fsp3) is 0.250. The number of esters is 1. The van der Waals surface area contributed by atoms with Crippen LogP contribution in [-0.2, 0) is 20.9 Å². The SMILES string of the molecule is COC(=O)CC(=O)N(Cc1ccc(OC)cc1)n1ccc(Cl)c1. The fourth-order valence-corrected chi connectivity index (χ4v) is 2.16. The van der Waals surface area contributed by atoms with Gasteiger partial charge in [0.15, 0.2) is 0 Å². The van der Waals surface area contributed by atoms with E-state index in [4.69, 9.17) is 16.3 Å². The number of methoxy groups -OCH3 is 2. The summed E-state index contributed by atoms with van der Waals surface area (Å²) in [6.07, 6.45) is 2.91. The third-order valence-electron chi connectivity index (χ3n) is 3.22. The summed E-state index contributed by atoms with van der Waals surface area (Å²) >= 11 is 5.92. The van der Waals surface area contributed by atoms with Gasteiger partial charge in [-0.05, 0) is 23.8 Å². The minimum absolute atomic E-state index is 0.283. The molecule has 1 heterocycles. The van der Waals surface area contributed by atoms with Crippen LogP contribution < -0.4 is 9.75 Å². The van der Waals surface area contributed by atoms with Crippen LogP contribution >= 0.6 is 11.6 Å². The molecule has 0 spiro atoms. The molecule has 2 rings (SSSR count). The van der Waals surface area contributed by atoms with E-state index < -0.39 is 5.97 Å². The molecule has 7 heteroatoms. The molecule has 23 heavy (non-hydrogen) atoms. The number of carbonyl (C=O) groups excluding carboxylic acids is 2. The van der Waals surface area contributed by atoms with Gasteiger partial charge >= 0.3 is 5.97 Å². The lowest BCUT2D eigenvalue weighted by molar-refractivity contribution is -0.143.